The maximum Gasteiger partial charge on any atom is 0.243 e. The molecule has 3 N–H and O–H groups in total. The summed E-state index contributed by atoms with van der Waals surface area (Å²) in [4.78, 5) is 18.9. The number of anilines is 1. The van der Waals surface area contributed by atoms with E-state index < -0.39 is 0 Å². The van der Waals surface area contributed by atoms with Crippen LogP contribution >= 0.6 is 0 Å². The Morgan fingerprint density at radius 2 is 1.77 bits per heavy atom. The van der Waals surface area contributed by atoms with E-state index in [1.54, 1.807) is 14.2 Å². The van der Waals surface area contributed by atoms with Gasteiger partial charge in [0.1, 0.15) is 5.75 Å². The average molecular weight is 410 g/mol. The highest BCUT2D eigenvalue weighted by Gasteiger charge is 2.23. The zero-order valence-corrected chi connectivity index (χ0v) is 17.7. The lowest BCUT2D eigenvalue weighted by Crippen LogP contribution is -2.44. The van der Waals surface area contributed by atoms with Gasteiger partial charge >= 0.3 is 0 Å². The summed E-state index contributed by atoms with van der Waals surface area (Å²) in [5.74, 6) is 1.35. The van der Waals surface area contributed by atoms with Crippen molar-refractivity contribution in [2.45, 2.75) is 18.9 Å². The fourth-order valence-corrected chi connectivity index (χ4v) is 3.64. The summed E-state index contributed by atoms with van der Waals surface area (Å²) < 4.78 is 5.29. The van der Waals surface area contributed by atoms with Gasteiger partial charge in [0.25, 0.3) is 0 Å². The molecule has 1 amide bonds. The third kappa shape index (κ3) is 6.22. The van der Waals surface area contributed by atoms with Crippen molar-refractivity contribution in [3.63, 3.8) is 0 Å². The first kappa shape index (κ1) is 21.6. The van der Waals surface area contributed by atoms with Gasteiger partial charge in [-0.05, 0) is 55.8 Å². The van der Waals surface area contributed by atoms with Crippen molar-refractivity contribution in [1.82, 2.24) is 15.5 Å². The van der Waals surface area contributed by atoms with E-state index in [1.165, 1.54) is 18.4 Å². The van der Waals surface area contributed by atoms with Crippen LogP contribution in [0.4, 0.5) is 5.69 Å². The van der Waals surface area contributed by atoms with Crippen LogP contribution in [0.3, 0.4) is 0 Å². The van der Waals surface area contributed by atoms with Gasteiger partial charge in [-0.2, -0.15) is 0 Å². The lowest BCUT2D eigenvalue weighted by molar-refractivity contribution is -0.115. The number of amides is 1. The highest BCUT2D eigenvalue weighted by atomic mass is 16.5. The molecule has 0 aromatic heterocycles. The Kier molecular flexibility index (Phi) is 8.09. The molecule has 0 bridgehead atoms. The number of rotatable bonds is 8. The number of methoxy groups -OCH3 is 1. The van der Waals surface area contributed by atoms with Crippen LogP contribution in [-0.4, -0.2) is 57.1 Å². The second-order valence-corrected chi connectivity index (χ2v) is 7.25. The van der Waals surface area contributed by atoms with E-state index in [-0.39, 0.29) is 18.5 Å². The summed E-state index contributed by atoms with van der Waals surface area (Å²) in [6.07, 6.45) is 2.44. The number of carbonyl (C=O) groups excluding carboxylic acids is 1. The van der Waals surface area contributed by atoms with Crippen molar-refractivity contribution < 1.29 is 9.53 Å². The number of nitrogens with zero attached hydrogens (tertiary/aromatic N) is 2. The number of carbonyl (C=O) groups is 1. The van der Waals surface area contributed by atoms with Gasteiger partial charge in [-0.25, -0.2) is 0 Å². The third-order valence-electron chi connectivity index (χ3n) is 5.24. The Hall–Kier alpha value is -3.06. The molecule has 1 saturated heterocycles. The molecule has 1 aliphatic rings. The summed E-state index contributed by atoms with van der Waals surface area (Å²) >= 11 is 0. The quantitative estimate of drug-likeness (QED) is 0.462. The number of para-hydroxylation sites is 1. The largest absolute Gasteiger partial charge is 0.497 e. The number of likely N-dealkylation sites (tertiary alicyclic amines) is 1. The minimum atomic E-state index is -0.115. The maximum absolute atomic E-state index is 12.2. The number of nitrogens with one attached hydrogen (secondary N) is 3. The summed E-state index contributed by atoms with van der Waals surface area (Å²) in [6, 6.07) is 17.9. The molecule has 1 aliphatic heterocycles. The Balaban J connectivity index is 1.55. The van der Waals surface area contributed by atoms with Crippen LogP contribution in [0.15, 0.2) is 59.6 Å². The van der Waals surface area contributed by atoms with Crippen molar-refractivity contribution in [2.24, 2.45) is 4.99 Å². The molecule has 160 valence electrons. The minimum Gasteiger partial charge on any atom is -0.497 e. The van der Waals surface area contributed by atoms with Crippen molar-refractivity contribution in [1.29, 1.82) is 0 Å². The molecular weight excluding hydrogens is 378 g/mol. The molecule has 7 heteroatoms. The fourth-order valence-electron chi connectivity index (χ4n) is 3.64. The second-order valence-electron chi connectivity index (χ2n) is 7.25. The van der Waals surface area contributed by atoms with E-state index in [1.807, 2.05) is 42.5 Å². The first-order chi connectivity index (χ1) is 14.7. The van der Waals surface area contributed by atoms with Gasteiger partial charge in [-0.15, -0.1) is 0 Å². The standard InChI is InChI=1S/C23H31N5O2/c1-24-23(26-17-22(29)27-19-8-4-3-5-9-19)25-16-21(28-14-6-7-15-28)18-10-12-20(30-2)13-11-18/h3-5,8-13,21H,6-7,14-17H2,1-2H3,(H,27,29)(H2,24,25,26). The zero-order valence-electron chi connectivity index (χ0n) is 17.7. The van der Waals surface area contributed by atoms with Gasteiger partial charge < -0.3 is 20.7 Å². The molecule has 7 nitrogen and oxygen atoms in total. The number of ether oxygens (including phenoxy) is 1. The smallest absolute Gasteiger partial charge is 0.243 e. The van der Waals surface area contributed by atoms with Gasteiger partial charge in [0.15, 0.2) is 5.96 Å². The van der Waals surface area contributed by atoms with E-state index in [9.17, 15) is 4.79 Å². The Bertz CT molecular complexity index is 817. The minimum absolute atomic E-state index is 0.115. The van der Waals surface area contributed by atoms with Crippen LogP contribution in [0.1, 0.15) is 24.4 Å². The topological polar surface area (TPSA) is 78.0 Å². The number of benzene rings is 2. The van der Waals surface area contributed by atoms with Crippen LogP contribution in [0.5, 0.6) is 5.75 Å². The Morgan fingerprint density at radius 3 is 2.40 bits per heavy atom. The molecule has 0 aliphatic carbocycles. The molecule has 0 saturated carbocycles. The molecule has 30 heavy (non-hydrogen) atoms. The van der Waals surface area contributed by atoms with Gasteiger partial charge in [0.05, 0.1) is 19.7 Å². The summed E-state index contributed by atoms with van der Waals surface area (Å²) in [6.45, 7) is 3.02. The van der Waals surface area contributed by atoms with Gasteiger partial charge in [-0.1, -0.05) is 30.3 Å². The molecule has 2 aromatic rings. The molecule has 3 rings (SSSR count). The first-order valence-electron chi connectivity index (χ1n) is 10.4. The highest BCUT2D eigenvalue weighted by molar-refractivity contribution is 5.94. The first-order valence-corrected chi connectivity index (χ1v) is 10.4. The second kappa shape index (κ2) is 11.2. The predicted molar refractivity (Wildman–Crippen MR) is 121 cm³/mol. The van der Waals surface area contributed by atoms with E-state index in [2.05, 4.69) is 38.0 Å². The van der Waals surface area contributed by atoms with Crippen LogP contribution in [0, 0.1) is 0 Å². The van der Waals surface area contributed by atoms with Crippen molar-refractivity contribution in [2.75, 3.05) is 45.7 Å². The average Bonchev–Trinajstić information content (AvgIpc) is 3.31. The van der Waals surface area contributed by atoms with Crippen LogP contribution < -0.4 is 20.7 Å². The Morgan fingerprint density at radius 1 is 1.07 bits per heavy atom. The van der Waals surface area contributed by atoms with Crippen LogP contribution in [0.2, 0.25) is 0 Å². The summed E-state index contributed by atoms with van der Waals surface area (Å²) in [7, 11) is 3.39. The van der Waals surface area contributed by atoms with Gasteiger partial charge in [0.2, 0.25) is 5.91 Å². The lowest BCUT2D eigenvalue weighted by Gasteiger charge is -2.29. The van der Waals surface area contributed by atoms with E-state index >= 15 is 0 Å². The SMILES string of the molecule is CN=C(NCC(=O)Nc1ccccc1)NCC(c1ccc(OC)cc1)N1CCCC1. The number of hydrogen-bond acceptors (Lipinski definition) is 4. The van der Waals surface area contributed by atoms with Crippen molar-refractivity contribution >= 4 is 17.6 Å². The summed E-state index contributed by atoms with van der Waals surface area (Å²) in [5, 5.41) is 9.34. The van der Waals surface area contributed by atoms with E-state index in [0.29, 0.717) is 12.5 Å². The summed E-state index contributed by atoms with van der Waals surface area (Å²) in [5.41, 5.74) is 2.02. The molecular formula is C23H31N5O2. The van der Waals surface area contributed by atoms with Crippen molar-refractivity contribution in [3.8, 4) is 5.75 Å². The highest BCUT2D eigenvalue weighted by Crippen LogP contribution is 2.26. The van der Waals surface area contributed by atoms with E-state index in [4.69, 9.17) is 4.74 Å². The molecule has 1 heterocycles. The maximum atomic E-state index is 12.2. The van der Waals surface area contributed by atoms with Crippen LogP contribution in [0.25, 0.3) is 0 Å². The van der Waals surface area contributed by atoms with Crippen molar-refractivity contribution in [3.05, 3.63) is 60.2 Å². The molecule has 2 aromatic carbocycles. The normalized spacial score (nSPS) is 15.5. The molecule has 0 radical (unpaired) electrons. The van der Waals surface area contributed by atoms with Gasteiger partial charge in [0, 0.05) is 19.3 Å². The zero-order chi connectivity index (χ0) is 21.2. The fraction of sp³-hybridized carbons (Fsp3) is 0.391. The predicted octanol–water partition coefficient (Wildman–Crippen LogP) is 2.64. The molecule has 0 spiro atoms. The number of hydrogen-bond donors (Lipinski definition) is 3. The molecule has 1 fully saturated rings. The Labute approximate surface area is 178 Å². The molecule has 1 unspecified atom stereocenters. The monoisotopic (exact) mass is 409 g/mol. The van der Waals surface area contributed by atoms with Gasteiger partial charge in [-0.3, -0.25) is 14.7 Å². The molecule has 1 atom stereocenters. The number of guanidine groups is 1. The van der Waals surface area contributed by atoms with E-state index in [0.717, 1.165) is 24.5 Å². The van der Waals surface area contributed by atoms with Crippen LogP contribution in [-0.2, 0) is 4.79 Å². The third-order valence-corrected chi connectivity index (χ3v) is 5.24. The number of aliphatic imine (C=N–C) groups is 1. The lowest BCUT2D eigenvalue weighted by atomic mass is 10.1.